The quantitative estimate of drug-likeness (QED) is 0.641. The van der Waals surface area contributed by atoms with Gasteiger partial charge in [0.15, 0.2) is 0 Å². The van der Waals surface area contributed by atoms with Crippen LogP contribution in [0.2, 0.25) is 0 Å². The van der Waals surface area contributed by atoms with Crippen molar-refractivity contribution in [2.24, 2.45) is 0 Å². The normalized spacial score (nSPS) is 11.8. The van der Waals surface area contributed by atoms with Crippen LogP contribution in [-0.2, 0) is 21.9 Å². The number of carbonyl (C=O) groups excluding carboxylic acids is 2. The molecule has 0 saturated carbocycles. The summed E-state index contributed by atoms with van der Waals surface area (Å²) in [5.74, 6) is 1.68. The molecule has 2 aromatic carbocycles. The van der Waals surface area contributed by atoms with E-state index in [9.17, 15) is 9.59 Å². The number of nitrogens with one attached hydrogen (secondary N) is 1. The summed E-state index contributed by atoms with van der Waals surface area (Å²) < 4.78 is 5.17. The second-order valence-corrected chi connectivity index (χ2v) is 8.17. The number of hydrogen-bond donors (Lipinski definition) is 1. The third-order valence-electron chi connectivity index (χ3n) is 4.45. The Kier molecular flexibility index (Phi) is 9.06. The van der Waals surface area contributed by atoms with Gasteiger partial charge in [0.2, 0.25) is 11.8 Å². The first kappa shape index (κ1) is 22.8. The number of hydrogen-bond acceptors (Lipinski definition) is 4. The van der Waals surface area contributed by atoms with Crippen LogP contribution in [0.3, 0.4) is 0 Å². The van der Waals surface area contributed by atoms with Gasteiger partial charge in [0.05, 0.1) is 12.9 Å². The van der Waals surface area contributed by atoms with Crippen molar-refractivity contribution in [3.8, 4) is 5.75 Å². The van der Waals surface area contributed by atoms with Crippen LogP contribution in [0.25, 0.3) is 0 Å². The molecule has 6 heteroatoms. The van der Waals surface area contributed by atoms with Crippen LogP contribution in [0.1, 0.15) is 31.9 Å². The first-order valence-corrected chi connectivity index (χ1v) is 10.9. The molecule has 2 amide bonds. The smallest absolute Gasteiger partial charge is 0.242 e. The summed E-state index contributed by atoms with van der Waals surface area (Å²) in [6.07, 6.45) is 0. The minimum Gasteiger partial charge on any atom is -0.497 e. The van der Waals surface area contributed by atoms with Crippen molar-refractivity contribution in [3.63, 3.8) is 0 Å². The summed E-state index contributed by atoms with van der Waals surface area (Å²) >= 11 is 1.55. The molecule has 5 nitrogen and oxygen atoms in total. The number of amides is 2. The molecule has 0 aliphatic rings. The van der Waals surface area contributed by atoms with Crippen LogP contribution in [0.4, 0.5) is 0 Å². The Hall–Kier alpha value is -2.47. The topological polar surface area (TPSA) is 58.6 Å². The Bertz CT molecular complexity index is 778. The lowest BCUT2D eigenvalue weighted by Crippen LogP contribution is -2.49. The summed E-state index contributed by atoms with van der Waals surface area (Å²) in [5.41, 5.74) is 2.13. The lowest BCUT2D eigenvalue weighted by atomic mass is 10.1. The number of rotatable bonds is 10. The van der Waals surface area contributed by atoms with Crippen molar-refractivity contribution in [1.82, 2.24) is 10.2 Å². The number of thioether (sulfide) groups is 1. The van der Waals surface area contributed by atoms with E-state index >= 15 is 0 Å². The number of nitrogens with zero attached hydrogens (tertiary/aromatic N) is 1. The largest absolute Gasteiger partial charge is 0.497 e. The van der Waals surface area contributed by atoms with E-state index in [1.165, 1.54) is 0 Å². The Morgan fingerprint density at radius 1 is 1.00 bits per heavy atom. The van der Waals surface area contributed by atoms with Gasteiger partial charge in [-0.25, -0.2) is 0 Å². The van der Waals surface area contributed by atoms with Gasteiger partial charge in [-0.15, -0.1) is 11.8 Å². The number of methoxy groups -OCH3 is 1. The summed E-state index contributed by atoms with van der Waals surface area (Å²) in [5, 5.41) is 2.90. The molecule has 1 unspecified atom stereocenters. The Balaban J connectivity index is 2.01. The zero-order valence-electron chi connectivity index (χ0n) is 17.6. The highest BCUT2D eigenvalue weighted by molar-refractivity contribution is 7.99. The predicted octanol–water partition coefficient (Wildman–Crippen LogP) is 3.87. The molecule has 0 spiro atoms. The molecule has 29 heavy (non-hydrogen) atoms. The van der Waals surface area contributed by atoms with Gasteiger partial charge in [-0.1, -0.05) is 42.5 Å². The molecule has 0 aliphatic carbocycles. The average Bonchev–Trinajstić information content (AvgIpc) is 2.72. The van der Waals surface area contributed by atoms with Crippen LogP contribution >= 0.6 is 11.8 Å². The second kappa shape index (κ2) is 11.5. The standard InChI is InChI=1S/C23H30N2O3S/c1-17(2)24-23(27)18(3)25(14-19-8-6-5-7-9-19)22(26)16-29-15-20-10-12-21(28-4)13-11-20/h5-13,17-18H,14-16H2,1-4H3,(H,24,27). The van der Waals surface area contributed by atoms with Crippen molar-refractivity contribution in [2.45, 2.75) is 45.2 Å². The summed E-state index contributed by atoms with van der Waals surface area (Å²) in [6, 6.07) is 17.1. The molecule has 2 rings (SSSR count). The number of carbonyl (C=O) groups is 2. The van der Waals surface area contributed by atoms with Gasteiger partial charge in [0, 0.05) is 18.3 Å². The van der Waals surface area contributed by atoms with E-state index in [1.807, 2.05) is 68.4 Å². The third kappa shape index (κ3) is 7.46. The van der Waals surface area contributed by atoms with Crippen molar-refractivity contribution in [3.05, 3.63) is 65.7 Å². The zero-order chi connectivity index (χ0) is 21.2. The highest BCUT2D eigenvalue weighted by Gasteiger charge is 2.26. The molecule has 0 aromatic heterocycles. The van der Waals surface area contributed by atoms with Gasteiger partial charge in [0.25, 0.3) is 0 Å². The Morgan fingerprint density at radius 3 is 2.24 bits per heavy atom. The van der Waals surface area contributed by atoms with Crippen molar-refractivity contribution in [2.75, 3.05) is 12.9 Å². The molecule has 0 heterocycles. The summed E-state index contributed by atoms with van der Waals surface area (Å²) in [7, 11) is 1.64. The fourth-order valence-corrected chi connectivity index (χ4v) is 3.70. The van der Waals surface area contributed by atoms with Crippen LogP contribution in [0.5, 0.6) is 5.75 Å². The highest BCUT2D eigenvalue weighted by Crippen LogP contribution is 2.18. The molecular weight excluding hydrogens is 384 g/mol. The molecule has 2 aromatic rings. The van der Waals surface area contributed by atoms with Gasteiger partial charge >= 0.3 is 0 Å². The maximum atomic E-state index is 13.0. The summed E-state index contributed by atoms with van der Waals surface area (Å²) in [6.45, 7) is 6.03. The van der Waals surface area contributed by atoms with Gasteiger partial charge in [-0.2, -0.15) is 0 Å². The van der Waals surface area contributed by atoms with Crippen molar-refractivity contribution >= 4 is 23.6 Å². The zero-order valence-corrected chi connectivity index (χ0v) is 18.4. The van der Waals surface area contributed by atoms with E-state index in [-0.39, 0.29) is 17.9 Å². The van der Waals surface area contributed by atoms with E-state index in [0.717, 1.165) is 22.6 Å². The molecule has 0 radical (unpaired) electrons. The molecule has 1 atom stereocenters. The minimum absolute atomic E-state index is 0.0306. The fraction of sp³-hybridized carbons (Fsp3) is 0.391. The molecule has 0 bridgehead atoms. The van der Waals surface area contributed by atoms with Gasteiger partial charge < -0.3 is 15.0 Å². The average molecular weight is 415 g/mol. The van der Waals surface area contributed by atoms with Gasteiger partial charge in [-0.05, 0) is 44.0 Å². The monoisotopic (exact) mass is 414 g/mol. The van der Waals surface area contributed by atoms with E-state index in [0.29, 0.717) is 12.3 Å². The van der Waals surface area contributed by atoms with Crippen LogP contribution in [0, 0.1) is 0 Å². The SMILES string of the molecule is COc1ccc(CSCC(=O)N(Cc2ccccc2)C(C)C(=O)NC(C)C)cc1. The first-order chi connectivity index (χ1) is 13.9. The lowest BCUT2D eigenvalue weighted by Gasteiger charge is -2.29. The maximum Gasteiger partial charge on any atom is 0.242 e. The molecule has 1 N–H and O–H groups in total. The minimum atomic E-state index is -0.535. The lowest BCUT2D eigenvalue weighted by molar-refractivity contribution is -0.138. The highest BCUT2D eigenvalue weighted by atomic mass is 32.2. The molecular formula is C23H30N2O3S. The number of ether oxygens (including phenoxy) is 1. The molecule has 0 aliphatic heterocycles. The van der Waals surface area contributed by atoms with E-state index < -0.39 is 6.04 Å². The predicted molar refractivity (Wildman–Crippen MR) is 119 cm³/mol. The van der Waals surface area contributed by atoms with Gasteiger partial charge in [-0.3, -0.25) is 9.59 Å². The van der Waals surface area contributed by atoms with Crippen LogP contribution in [-0.4, -0.2) is 41.7 Å². The van der Waals surface area contributed by atoms with E-state index in [4.69, 9.17) is 4.74 Å². The van der Waals surface area contributed by atoms with Gasteiger partial charge in [0.1, 0.15) is 11.8 Å². The number of benzene rings is 2. The van der Waals surface area contributed by atoms with Crippen LogP contribution < -0.4 is 10.1 Å². The third-order valence-corrected chi connectivity index (χ3v) is 5.44. The Morgan fingerprint density at radius 2 is 1.66 bits per heavy atom. The van der Waals surface area contributed by atoms with Crippen molar-refractivity contribution < 1.29 is 14.3 Å². The fourth-order valence-electron chi connectivity index (χ4n) is 2.83. The first-order valence-electron chi connectivity index (χ1n) is 9.75. The van der Waals surface area contributed by atoms with Crippen molar-refractivity contribution in [1.29, 1.82) is 0 Å². The van der Waals surface area contributed by atoms with E-state index in [2.05, 4.69) is 5.32 Å². The maximum absolute atomic E-state index is 13.0. The molecule has 0 fully saturated rings. The molecule has 0 saturated heterocycles. The summed E-state index contributed by atoms with van der Waals surface area (Å²) in [4.78, 5) is 27.2. The Labute approximate surface area is 177 Å². The molecule has 156 valence electrons. The van der Waals surface area contributed by atoms with E-state index in [1.54, 1.807) is 30.7 Å². The van der Waals surface area contributed by atoms with Crippen LogP contribution in [0.15, 0.2) is 54.6 Å². The second-order valence-electron chi connectivity index (χ2n) is 7.19.